The van der Waals surface area contributed by atoms with E-state index in [2.05, 4.69) is 44.0 Å². The maximum absolute atomic E-state index is 13.8. The summed E-state index contributed by atoms with van der Waals surface area (Å²) in [4.78, 5) is 31.2. The fraction of sp³-hybridized carbons (Fsp3) is 0.576. The number of hydrogen-bond donors (Lipinski definition) is 3. The molecule has 0 aliphatic carbocycles. The van der Waals surface area contributed by atoms with Crippen molar-refractivity contribution in [2.24, 2.45) is 17.8 Å². The molecular formula is C33H47N3O4. The molecule has 218 valence electrons. The average molecular weight is 550 g/mol. The van der Waals surface area contributed by atoms with E-state index in [1.807, 2.05) is 32.0 Å². The summed E-state index contributed by atoms with van der Waals surface area (Å²) in [5.41, 5.74) is 3.06. The number of fused-ring (bicyclic) bond motifs is 1. The van der Waals surface area contributed by atoms with Crippen LogP contribution in [0.15, 0.2) is 42.5 Å². The van der Waals surface area contributed by atoms with Gasteiger partial charge >= 0.3 is 0 Å². The molecular weight excluding hydrogens is 502 g/mol. The zero-order valence-electron chi connectivity index (χ0n) is 25.0. The monoisotopic (exact) mass is 549 g/mol. The minimum absolute atomic E-state index is 0.0208. The summed E-state index contributed by atoms with van der Waals surface area (Å²) in [7, 11) is 0. The van der Waals surface area contributed by atoms with Crippen LogP contribution in [0.2, 0.25) is 0 Å². The third kappa shape index (κ3) is 6.63. The minimum Gasteiger partial charge on any atom is -0.508 e. The van der Waals surface area contributed by atoms with Crippen molar-refractivity contribution in [3.8, 4) is 11.5 Å². The first-order valence-corrected chi connectivity index (χ1v) is 14.8. The highest BCUT2D eigenvalue weighted by atomic mass is 16.3. The Morgan fingerprint density at radius 2 is 1.77 bits per heavy atom. The van der Waals surface area contributed by atoms with Gasteiger partial charge in [0, 0.05) is 38.5 Å². The largest absolute Gasteiger partial charge is 0.508 e. The first-order valence-electron chi connectivity index (χ1n) is 14.8. The number of nitrogens with zero attached hydrogens (tertiary/aromatic N) is 2. The van der Waals surface area contributed by atoms with E-state index >= 15 is 0 Å². The molecule has 0 radical (unpaired) electrons. The lowest BCUT2D eigenvalue weighted by Gasteiger charge is -2.46. The second-order valence-electron chi connectivity index (χ2n) is 13.0. The fourth-order valence-electron chi connectivity index (χ4n) is 6.29. The van der Waals surface area contributed by atoms with Gasteiger partial charge in [0.25, 0.3) is 0 Å². The molecule has 2 amide bonds. The molecule has 7 heteroatoms. The van der Waals surface area contributed by atoms with Crippen LogP contribution in [0.4, 0.5) is 0 Å². The van der Waals surface area contributed by atoms with Crippen molar-refractivity contribution < 1.29 is 19.8 Å². The Bertz CT molecular complexity index is 1210. The van der Waals surface area contributed by atoms with E-state index in [1.54, 1.807) is 23.1 Å². The summed E-state index contributed by atoms with van der Waals surface area (Å²) >= 11 is 0. The molecule has 1 fully saturated rings. The van der Waals surface area contributed by atoms with E-state index in [0.29, 0.717) is 31.1 Å². The molecule has 2 heterocycles. The third-order valence-corrected chi connectivity index (χ3v) is 9.19. The topological polar surface area (TPSA) is 93.1 Å². The number of likely N-dealkylation sites (tertiary alicyclic amines) is 1. The molecule has 2 aromatic rings. The highest BCUT2D eigenvalue weighted by Gasteiger charge is 2.40. The second-order valence-corrected chi connectivity index (χ2v) is 13.0. The lowest BCUT2D eigenvalue weighted by Crippen LogP contribution is -2.58. The van der Waals surface area contributed by atoms with Gasteiger partial charge in [0.15, 0.2) is 0 Å². The molecule has 2 aliphatic heterocycles. The number of hydrogen-bond acceptors (Lipinski definition) is 5. The predicted molar refractivity (Wildman–Crippen MR) is 158 cm³/mol. The lowest BCUT2D eigenvalue weighted by atomic mass is 9.68. The molecule has 0 spiro atoms. The SMILES string of the molecule is CC(C)CC(=O)N1Cc2cc(O)ccc2C[C@@H]1C(=O)N[C@H](CN1CC[C@@](C)(c2cccc(O)c2)[C@@H](C)C1)C(C)C. The molecule has 4 rings (SSSR count). The first kappa shape index (κ1) is 29.9. The van der Waals surface area contributed by atoms with Gasteiger partial charge in [-0.25, -0.2) is 0 Å². The van der Waals surface area contributed by atoms with Crippen LogP contribution in [-0.4, -0.2) is 63.5 Å². The van der Waals surface area contributed by atoms with E-state index in [4.69, 9.17) is 0 Å². The van der Waals surface area contributed by atoms with Gasteiger partial charge in [-0.05, 0) is 77.1 Å². The Labute approximate surface area is 239 Å². The molecule has 0 bridgehead atoms. The summed E-state index contributed by atoms with van der Waals surface area (Å²) < 4.78 is 0. The predicted octanol–water partition coefficient (Wildman–Crippen LogP) is 4.84. The van der Waals surface area contributed by atoms with Crippen molar-refractivity contribution in [2.45, 2.75) is 84.8 Å². The van der Waals surface area contributed by atoms with Crippen LogP contribution in [0.25, 0.3) is 0 Å². The summed E-state index contributed by atoms with van der Waals surface area (Å²) in [5, 5.41) is 23.4. The molecule has 4 atom stereocenters. The number of rotatable bonds is 8. The van der Waals surface area contributed by atoms with Crippen LogP contribution in [0.3, 0.4) is 0 Å². The van der Waals surface area contributed by atoms with Crippen molar-refractivity contribution >= 4 is 11.8 Å². The number of carbonyl (C=O) groups is 2. The minimum atomic E-state index is -0.570. The normalized spacial score (nSPS) is 24.1. The van der Waals surface area contributed by atoms with E-state index in [-0.39, 0.29) is 40.9 Å². The maximum atomic E-state index is 13.8. The summed E-state index contributed by atoms with van der Waals surface area (Å²) in [6.45, 7) is 15.7. The van der Waals surface area contributed by atoms with Gasteiger partial charge in [-0.2, -0.15) is 0 Å². The van der Waals surface area contributed by atoms with Crippen LogP contribution in [0.5, 0.6) is 11.5 Å². The number of piperidine rings is 1. The van der Waals surface area contributed by atoms with E-state index in [9.17, 15) is 19.8 Å². The molecule has 2 aliphatic rings. The molecule has 0 saturated carbocycles. The quantitative estimate of drug-likeness (QED) is 0.438. The Balaban J connectivity index is 1.46. The molecule has 40 heavy (non-hydrogen) atoms. The average Bonchev–Trinajstić information content (AvgIpc) is 2.89. The lowest BCUT2D eigenvalue weighted by molar-refractivity contribution is -0.143. The number of phenols is 2. The third-order valence-electron chi connectivity index (χ3n) is 9.19. The van der Waals surface area contributed by atoms with E-state index < -0.39 is 6.04 Å². The van der Waals surface area contributed by atoms with Crippen molar-refractivity contribution in [3.05, 3.63) is 59.2 Å². The standard InChI is InChI=1S/C33H47N3O4/c1-21(2)14-31(39)36-19-25-15-28(38)11-10-24(25)16-30(36)32(40)34-29(22(3)4)20-35-13-12-33(6,23(5)18-35)26-8-7-9-27(37)17-26/h7-11,15,17,21-23,29-30,37-38H,12-14,16,18-20H2,1-6H3,(H,34,40)/t23-,29+,30+,33+/m0/s1. The van der Waals surface area contributed by atoms with Gasteiger partial charge in [0.1, 0.15) is 17.5 Å². The van der Waals surface area contributed by atoms with Gasteiger partial charge in [0.2, 0.25) is 11.8 Å². The first-order chi connectivity index (χ1) is 18.9. The smallest absolute Gasteiger partial charge is 0.243 e. The van der Waals surface area contributed by atoms with Crippen molar-refractivity contribution in [1.82, 2.24) is 15.1 Å². The molecule has 0 aromatic heterocycles. The number of aromatic hydroxyl groups is 2. The van der Waals surface area contributed by atoms with Gasteiger partial charge in [-0.15, -0.1) is 0 Å². The van der Waals surface area contributed by atoms with Gasteiger partial charge in [-0.1, -0.05) is 59.7 Å². The van der Waals surface area contributed by atoms with Crippen LogP contribution in [0, 0.1) is 17.8 Å². The van der Waals surface area contributed by atoms with Gasteiger partial charge < -0.3 is 25.3 Å². The Morgan fingerprint density at radius 3 is 2.42 bits per heavy atom. The van der Waals surface area contributed by atoms with Crippen LogP contribution < -0.4 is 5.32 Å². The number of benzene rings is 2. The second kappa shape index (κ2) is 12.2. The summed E-state index contributed by atoms with van der Waals surface area (Å²) in [5.74, 6) is 1.14. The van der Waals surface area contributed by atoms with Crippen LogP contribution >= 0.6 is 0 Å². The van der Waals surface area contributed by atoms with Crippen molar-refractivity contribution in [3.63, 3.8) is 0 Å². The maximum Gasteiger partial charge on any atom is 0.243 e. The highest BCUT2D eigenvalue weighted by molar-refractivity contribution is 5.88. The number of phenolic OH excluding ortho intramolecular Hbond substituents is 2. The zero-order valence-corrected chi connectivity index (χ0v) is 25.0. The van der Waals surface area contributed by atoms with Crippen molar-refractivity contribution in [2.75, 3.05) is 19.6 Å². The van der Waals surface area contributed by atoms with Crippen molar-refractivity contribution in [1.29, 1.82) is 0 Å². The number of nitrogens with one attached hydrogen (secondary N) is 1. The molecule has 7 nitrogen and oxygen atoms in total. The van der Waals surface area contributed by atoms with E-state index in [0.717, 1.165) is 37.2 Å². The summed E-state index contributed by atoms with van der Waals surface area (Å²) in [6.07, 6.45) is 1.80. The fourth-order valence-corrected chi connectivity index (χ4v) is 6.29. The van der Waals surface area contributed by atoms with E-state index in [1.165, 1.54) is 5.56 Å². The number of carbonyl (C=O) groups excluding carboxylic acids is 2. The molecule has 3 N–H and O–H groups in total. The Hall–Kier alpha value is -3.06. The molecule has 1 saturated heterocycles. The molecule has 2 aromatic carbocycles. The van der Waals surface area contributed by atoms with Gasteiger partial charge in [-0.3, -0.25) is 9.59 Å². The number of amides is 2. The van der Waals surface area contributed by atoms with Gasteiger partial charge in [0.05, 0.1) is 0 Å². The zero-order chi connectivity index (χ0) is 29.2. The Morgan fingerprint density at radius 1 is 1.05 bits per heavy atom. The highest BCUT2D eigenvalue weighted by Crippen LogP contribution is 2.40. The molecule has 0 unspecified atom stereocenters. The van der Waals surface area contributed by atoms with Crippen LogP contribution in [0.1, 0.15) is 71.1 Å². The van der Waals surface area contributed by atoms with Crippen LogP contribution in [-0.2, 0) is 28.0 Å². The Kier molecular flexibility index (Phi) is 9.13. The summed E-state index contributed by atoms with van der Waals surface area (Å²) in [6, 6.07) is 12.2.